The van der Waals surface area contributed by atoms with Gasteiger partial charge in [0.25, 0.3) is 0 Å². The summed E-state index contributed by atoms with van der Waals surface area (Å²) in [5.41, 5.74) is 0.185. The molecule has 0 saturated carbocycles. The van der Waals surface area contributed by atoms with Crippen LogP contribution in [0.5, 0.6) is 0 Å². The zero-order valence-corrected chi connectivity index (χ0v) is 19.4. The third-order valence-electron chi connectivity index (χ3n) is 5.91. The standard InChI is InChI=1S/C23H46N4O/c1-7-24-22(25-14-19-10-8-12-27(17-19)16-18(2)3)26-15-20-11-9-13-28-21(20)23(4,5)6/h18-21H,7-17H2,1-6H3,(H2,24,25,26). The van der Waals surface area contributed by atoms with Crippen molar-refractivity contribution in [3.63, 3.8) is 0 Å². The summed E-state index contributed by atoms with van der Waals surface area (Å²) in [5, 5.41) is 7.06. The largest absolute Gasteiger partial charge is 0.377 e. The van der Waals surface area contributed by atoms with Crippen LogP contribution in [0, 0.1) is 23.2 Å². The summed E-state index contributed by atoms with van der Waals surface area (Å²) in [6.45, 7) is 21.0. The fourth-order valence-corrected chi connectivity index (χ4v) is 4.78. The van der Waals surface area contributed by atoms with Crippen molar-refractivity contribution in [1.29, 1.82) is 0 Å². The van der Waals surface area contributed by atoms with Gasteiger partial charge in [-0.2, -0.15) is 0 Å². The van der Waals surface area contributed by atoms with Crippen LogP contribution in [0.15, 0.2) is 4.99 Å². The van der Waals surface area contributed by atoms with Crippen molar-refractivity contribution in [2.24, 2.45) is 28.2 Å². The lowest BCUT2D eigenvalue weighted by molar-refractivity contribution is -0.0835. The van der Waals surface area contributed by atoms with Gasteiger partial charge in [0.1, 0.15) is 0 Å². The number of likely N-dealkylation sites (tertiary alicyclic amines) is 1. The molecule has 0 amide bonds. The monoisotopic (exact) mass is 394 g/mol. The van der Waals surface area contributed by atoms with E-state index < -0.39 is 0 Å². The maximum absolute atomic E-state index is 6.14. The molecule has 0 spiro atoms. The van der Waals surface area contributed by atoms with Crippen molar-refractivity contribution in [1.82, 2.24) is 15.5 Å². The topological polar surface area (TPSA) is 48.9 Å². The highest BCUT2D eigenvalue weighted by atomic mass is 16.5. The predicted octanol–water partition coefficient (Wildman–Crippen LogP) is 3.75. The number of aliphatic imine (C=N–C) groups is 1. The number of hydrogen-bond donors (Lipinski definition) is 2. The summed E-state index contributed by atoms with van der Waals surface area (Å²) in [5.74, 6) is 2.95. The van der Waals surface area contributed by atoms with Gasteiger partial charge < -0.3 is 20.3 Å². The molecule has 5 nitrogen and oxygen atoms in total. The van der Waals surface area contributed by atoms with E-state index in [1.165, 1.54) is 45.3 Å². The average molecular weight is 395 g/mol. The Labute approximate surface area is 174 Å². The number of nitrogens with zero attached hydrogens (tertiary/aromatic N) is 2. The fraction of sp³-hybridized carbons (Fsp3) is 0.957. The van der Waals surface area contributed by atoms with Crippen LogP contribution < -0.4 is 10.6 Å². The maximum atomic E-state index is 6.14. The van der Waals surface area contributed by atoms with E-state index in [1.54, 1.807) is 0 Å². The van der Waals surface area contributed by atoms with Crippen LogP contribution in [0.1, 0.15) is 67.2 Å². The Morgan fingerprint density at radius 2 is 1.96 bits per heavy atom. The lowest BCUT2D eigenvalue weighted by Crippen LogP contribution is -2.47. The molecule has 2 heterocycles. The molecule has 164 valence electrons. The van der Waals surface area contributed by atoms with E-state index >= 15 is 0 Å². The molecule has 2 N–H and O–H groups in total. The third kappa shape index (κ3) is 7.90. The summed E-state index contributed by atoms with van der Waals surface area (Å²) < 4.78 is 6.14. The Morgan fingerprint density at radius 1 is 1.18 bits per heavy atom. The first-order valence-corrected chi connectivity index (χ1v) is 11.7. The Bertz CT molecular complexity index is 472. The van der Waals surface area contributed by atoms with Gasteiger partial charge in [0.15, 0.2) is 5.96 Å². The number of nitrogens with one attached hydrogen (secondary N) is 2. The lowest BCUT2D eigenvalue weighted by Gasteiger charge is -2.40. The number of guanidine groups is 1. The molecule has 28 heavy (non-hydrogen) atoms. The third-order valence-corrected chi connectivity index (χ3v) is 5.91. The molecule has 0 aliphatic carbocycles. The molecule has 2 rings (SSSR count). The number of hydrogen-bond acceptors (Lipinski definition) is 3. The van der Waals surface area contributed by atoms with Crippen LogP contribution in [0.3, 0.4) is 0 Å². The number of ether oxygens (including phenoxy) is 1. The molecule has 0 aromatic rings. The molecule has 3 unspecified atom stereocenters. The first kappa shape index (κ1) is 23.5. The summed E-state index contributed by atoms with van der Waals surface area (Å²) in [6, 6.07) is 0. The van der Waals surface area contributed by atoms with E-state index in [9.17, 15) is 0 Å². The molecule has 0 aromatic heterocycles. The number of piperidine rings is 1. The van der Waals surface area contributed by atoms with Crippen molar-refractivity contribution in [3.05, 3.63) is 0 Å². The van der Waals surface area contributed by atoms with Gasteiger partial charge in [0.05, 0.1) is 6.10 Å². The molecular weight excluding hydrogens is 348 g/mol. The minimum atomic E-state index is 0.185. The van der Waals surface area contributed by atoms with Gasteiger partial charge in [-0.3, -0.25) is 4.99 Å². The van der Waals surface area contributed by atoms with Crippen molar-refractivity contribution in [3.8, 4) is 0 Å². The molecule has 2 saturated heterocycles. The highest BCUT2D eigenvalue weighted by Gasteiger charge is 2.35. The Kier molecular flexibility index (Phi) is 9.55. The molecule has 0 radical (unpaired) electrons. The van der Waals surface area contributed by atoms with Gasteiger partial charge in [0, 0.05) is 45.2 Å². The molecule has 2 aliphatic rings. The zero-order chi connectivity index (χ0) is 20.6. The van der Waals surface area contributed by atoms with E-state index in [2.05, 4.69) is 57.1 Å². The normalized spacial score (nSPS) is 27.8. The van der Waals surface area contributed by atoms with Crippen LogP contribution in [-0.2, 0) is 4.74 Å². The highest BCUT2D eigenvalue weighted by molar-refractivity contribution is 5.79. The zero-order valence-electron chi connectivity index (χ0n) is 19.4. The van der Waals surface area contributed by atoms with E-state index in [0.717, 1.165) is 38.1 Å². The predicted molar refractivity (Wildman–Crippen MR) is 120 cm³/mol. The quantitative estimate of drug-likeness (QED) is 0.510. The smallest absolute Gasteiger partial charge is 0.191 e. The van der Waals surface area contributed by atoms with Crippen molar-refractivity contribution < 1.29 is 4.74 Å². The van der Waals surface area contributed by atoms with Crippen molar-refractivity contribution >= 4 is 5.96 Å². The first-order valence-electron chi connectivity index (χ1n) is 11.7. The summed E-state index contributed by atoms with van der Waals surface area (Å²) in [6.07, 6.45) is 5.34. The van der Waals surface area contributed by atoms with Gasteiger partial charge in [-0.05, 0) is 56.4 Å². The molecule has 0 bridgehead atoms. The Morgan fingerprint density at radius 3 is 2.64 bits per heavy atom. The second-order valence-electron chi connectivity index (χ2n) is 10.3. The SMILES string of the molecule is CCNC(=NCC1CCCN(CC(C)C)C1)NCC1CCCOC1C(C)(C)C. The Balaban J connectivity index is 1.87. The second kappa shape index (κ2) is 11.4. The molecule has 0 aromatic carbocycles. The van der Waals surface area contributed by atoms with Gasteiger partial charge >= 0.3 is 0 Å². The molecule has 5 heteroatoms. The summed E-state index contributed by atoms with van der Waals surface area (Å²) in [4.78, 5) is 7.58. The van der Waals surface area contributed by atoms with E-state index in [0.29, 0.717) is 17.9 Å². The average Bonchev–Trinajstić information content (AvgIpc) is 2.63. The molecule has 2 fully saturated rings. The van der Waals surface area contributed by atoms with Crippen LogP contribution in [-0.4, -0.2) is 62.8 Å². The van der Waals surface area contributed by atoms with Crippen molar-refractivity contribution in [2.75, 3.05) is 45.9 Å². The van der Waals surface area contributed by atoms with Crippen LogP contribution in [0.4, 0.5) is 0 Å². The molecular formula is C23H46N4O. The van der Waals surface area contributed by atoms with Crippen LogP contribution in [0.25, 0.3) is 0 Å². The molecule has 3 atom stereocenters. The maximum Gasteiger partial charge on any atom is 0.191 e. The first-order chi connectivity index (χ1) is 13.3. The highest BCUT2D eigenvalue weighted by Crippen LogP contribution is 2.33. The van der Waals surface area contributed by atoms with E-state index in [4.69, 9.17) is 9.73 Å². The van der Waals surface area contributed by atoms with Gasteiger partial charge in [0.2, 0.25) is 0 Å². The van der Waals surface area contributed by atoms with Gasteiger partial charge in [-0.15, -0.1) is 0 Å². The summed E-state index contributed by atoms with van der Waals surface area (Å²) in [7, 11) is 0. The minimum Gasteiger partial charge on any atom is -0.377 e. The van der Waals surface area contributed by atoms with Gasteiger partial charge in [-0.25, -0.2) is 0 Å². The lowest BCUT2D eigenvalue weighted by atomic mass is 9.78. The van der Waals surface area contributed by atoms with E-state index in [1.807, 2.05) is 0 Å². The van der Waals surface area contributed by atoms with Crippen LogP contribution in [0.2, 0.25) is 0 Å². The second-order valence-corrected chi connectivity index (χ2v) is 10.3. The van der Waals surface area contributed by atoms with Crippen LogP contribution >= 0.6 is 0 Å². The minimum absolute atomic E-state index is 0.185. The van der Waals surface area contributed by atoms with Gasteiger partial charge in [-0.1, -0.05) is 34.6 Å². The van der Waals surface area contributed by atoms with Crippen molar-refractivity contribution in [2.45, 2.75) is 73.3 Å². The molecule has 2 aliphatic heterocycles. The Hall–Kier alpha value is -0.810. The number of rotatable bonds is 7. The van der Waals surface area contributed by atoms with E-state index in [-0.39, 0.29) is 5.41 Å². The fourth-order valence-electron chi connectivity index (χ4n) is 4.78. The summed E-state index contributed by atoms with van der Waals surface area (Å²) >= 11 is 0.